The summed E-state index contributed by atoms with van der Waals surface area (Å²) in [7, 11) is 2.18. The van der Waals surface area contributed by atoms with Crippen molar-refractivity contribution in [3.63, 3.8) is 0 Å². The second-order valence-electron chi connectivity index (χ2n) is 10.1. The lowest BCUT2D eigenvalue weighted by Gasteiger charge is -2.37. The Labute approximate surface area is 223 Å². The van der Waals surface area contributed by atoms with Crippen molar-refractivity contribution >= 4 is 38.9 Å². The van der Waals surface area contributed by atoms with Crippen LogP contribution in [-0.4, -0.2) is 28.4 Å². The zero-order valence-corrected chi connectivity index (χ0v) is 21.4. The topological polar surface area (TPSA) is 20.5 Å². The third kappa shape index (κ3) is 3.79. The van der Waals surface area contributed by atoms with Crippen molar-refractivity contribution in [2.45, 2.75) is 12.6 Å². The molecular formula is C35H29N3. The first-order valence-electron chi connectivity index (χ1n) is 13.3. The Morgan fingerprint density at radius 1 is 0.684 bits per heavy atom. The summed E-state index contributed by atoms with van der Waals surface area (Å²) < 4.78 is 2.40. The van der Waals surface area contributed by atoms with Crippen LogP contribution in [0.25, 0.3) is 33.2 Å². The number of nitrogens with zero attached hydrogens (tertiary/aromatic N) is 3. The van der Waals surface area contributed by atoms with Crippen LogP contribution in [0.2, 0.25) is 0 Å². The first kappa shape index (κ1) is 22.6. The Kier molecular flexibility index (Phi) is 5.55. The molecule has 0 N–H and O–H groups in total. The zero-order chi connectivity index (χ0) is 25.5. The zero-order valence-electron chi connectivity index (χ0n) is 21.4. The number of hydrogen-bond acceptors (Lipinski definition) is 2. The fourth-order valence-corrected chi connectivity index (χ4v) is 5.90. The molecule has 3 heteroatoms. The Bertz CT molecular complexity index is 1700. The van der Waals surface area contributed by atoms with Gasteiger partial charge in [-0.05, 0) is 41.8 Å². The Morgan fingerprint density at radius 2 is 1.26 bits per heavy atom. The van der Waals surface area contributed by atoms with E-state index in [1.54, 1.807) is 0 Å². The molecule has 0 fully saturated rings. The van der Waals surface area contributed by atoms with Crippen LogP contribution >= 0.6 is 0 Å². The monoisotopic (exact) mass is 491 g/mol. The molecule has 4 aromatic carbocycles. The van der Waals surface area contributed by atoms with E-state index < -0.39 is 0 Å². The van der Waals surface area contributed by atoms with Gasteiger partial charge in [-0.1, -0.05) is 109 Å². The van der Waals surface area contributed by atoms with E-state index in [9.17, 15) is 0 Å². The third-order valence-corrected chi connectivity index (χ3v) is 7.80. The quantitative estimate of drug-likeness (QED) is 0.249. The van der Waals surface area contributed by atoms with E-state index in [0.717, 1.165) is 17.7 Å². The fourth-order valence-electron chi connectivity index (χ4n) is 5.90. The van der Waals surface area contributed by atoms with Gasteiger partial charge < -0.3 is 9.47 Å². The lowest BCUT2D eigenvalue weighted by molar-refractivity contribution is 0.286. The van der Waals surface area contributed by atoms with Crippen LogP contribution in [-0.2, 0) is 0 Å². The van der Waals surface area contributed by atoms with Gasteiger partial charge >= 0.3 is 0 Å². The van der Waals surface area contributed by atoms with Crippen molar-refractivity contribution in [3.8, 4) is 0 Å². The number of hydrogen-bond donors (Lipinski definition) is 0. The predicted molar refractivity (Wildman–Crippen MR) is 160 cm³/mol. The molecule has 7 rings (SSSR count). The van der Waals surface area contributed by atoms with E-state index in [0.29, 0.717) is 0 Å². The number of fused-ring (bicyclic) bond motifs is 3. The van der Waals surface area contributed by atoms with Gasteiger partial charge in [-0.2, -0.15) is 0 Å². The molecule has 2 aliphatic rings. The second-order valence-corrected chi connectivity index (χ2v) is 10.1. The molecule has 1 aliphatic carbocycles. The summed E-state index contributed by atoms with van der Waals surface area (Å²) in [6.45, 7) is 0. The van der Waals surface area contributed by atoms with Gasteiger partial charge in [0.25, 0.3) is 0 Å². The molecule has 5 aromatic rings. The van der Waals surface area contributed by atoms with Gasteiger partial charge in [0.05, 0.1) is 16.7 Å². The van der Waals surface area contributed by atoms with Crippen molar-refractivity contribution < 1.29 is 0 Å². The minimum Gasteiger partial charge on any atom is -0.352 e. The van der Waals surface area contributed by atoms with Crippen LogP contribution in [0, 0.1) is 5.92 Å². The summed E-state index contributed by atoms with van der Waals surface area (Å²) in [5, 5.41) is 2.59. The molecule has 0 radical (unpaired) electrons. The summed E-state index contributed by atoms with van der Waals surface area (Å²) in [5.41, 5.74) is 8.33. The molecule has 0 spiro atoms. The molecule has 0 amide bonds. The Morgan fingerprint density at radius 3 is 1.87 bits per heavy atom. The highest BCUT2D eigenvalue weighted by molar-refractivity contribution is 6.13. The highest BCUT2D eigenvalue weighted by Gasteiger charge is 2.30. The largest absolute Gasteiger partial charge is 0.352 e. The highest BCUT2D eigenvalue weighted by Crippen LogP contribution is 2.36. The molecular weight excluding hydrogens is 462 g/mol. The molecule has 0 bridgehead atoms. The summed E-state index contributed by atoms with van der Waals surface area (Å²) >= 11 is 0. The third-order valence-electron chi connectivity index (χ3n) is 7.80. The maximum Gasteiger partial charge on any atom is 0.128 e. The number of allylic oxidation sites excluding steroid dienone is 4. The van der Waals surface area contributed by atoms with Crippen LogP contribution in [0.3, 0.4) is 0 Å². The number of benzene rings is 4. The second kappa shape index (κ2) is 9.35. The first-order valence-corrected chi connectivity index (χ1v) is 13.3. The van der Waals surface area contributed by atoms with E-state index in [1.807, 2.05) is 0 Å². The van der Waals surface area contributed by atoms with E-state index in [4.69, 9.17) is 4.99 Å². The number of rotatable bonds is 4. The molecule has 184 valence electrons. The van der Waals surface area contributed by atoms with Crippen LogP contribution in [0.5, 0.6) is 0 Å². The van der Waals surface area contributed by atoms with Crippen molar-refractivity contribution in [2.75, 3.05) is 7.05 Å². The van der Waals surface area contributed by atoms with Crippen molar-refractivity contribution in [2.24, 2.45) is 10.9 Å². The van der Waals surface area contributed by atoms with E-state index in [2.05, 4.69) is 150 Å². The Hall–Kier alpha value is -4.63. The average Bonchev–Trinajstić information content (AvgIpc) is 3.33. The fraction of sp³-hybridized carbons (Fsp3) is 0.114. The van der Waals surface area contributed by atoms with E-state index in [-0.39, 0.29) is 12.1 Å². The molecule has 0 saturated carbocycles. The highest BCUT2D eigenvalue weighted by atomic mass is 15.2. The molecule has 3 nitrogen and oxygen atoms in total. The van der Waals surface area contributed by atoms with Crippen molar-refractivity contribution in [1.82, 2.24) is 9.47 Å². The summed E-state index contributed by atoms with van der Waals surface area (Å²) in [5.74, 6) is 0.267. The lowest BCUT2D eigenvalue weighted by Crippen LogP contribution is -2.38. The smallest absolute Gasteiger partial charge is 0.128 e. The summed E-state index contributed by atoms with van der Waals surface area (Å²) in [4.78, 5) is 7.64. The molecule has 2 unspecified atom stereocenters. The molecule has 1 aromatic heterocycles. The van der Waals surface area contributed by atoms with Crippen LogP contribution < -0.4 is 0 Å². The summed E-state index contributed by atoms with van der Waals surface area (Å²) in [6.07, 6.45) is 10.2. The standard InChI is InChI=1S/C35H29N3/c1-37-34(26-14-6-3-7-15-26)24-31(25-12-4-2-5-13-25)36-35(37)27-20-22-28(23-21-27)38-32-18-10-8-16-29(32)30-17-9-11-19-33(30)38/h2-20,22-24,27,35H,21H2,1H3. The van der Waals surface area contributed by atoms with Gasteiger partial charge in [-0.25, -0.2) is 0 Å². The number of para-hydroxylation sites is 2. The predicted octanol–water partition coefficient (Wildman–Crippen LogP) is 8.01. The number of aromatic nitrogens is 1. The van der Waals surface area contributed by atoms with Gasteiger partial charge in [-0.3, -0.25) is 4.99 Å². The lowest BCUT2D eigenvalue weighted by atomic mass is 9.92. The van der Waals surface area contributed by atoms with Crippen molar-refractivity contribution in [1.29, 1.82) is 0 Å². The number of aliphatic imine (C=N–C) groups is 1. The normalized spacial score (nSPS) is 19.4. The molecule has 2 heterocycles. The van der Waals surface area contributed by atoms with Gasteiger partial charge in [0.1, 0.15) is 6.17 Å². The molecule has 0 saturated heterocycles. The average molecular weight is 492 g/mol. The first-order chi connectivity index (χ1) is 18.8. The molecule has 1 aliphatic heterocycles. The van der Waals surface area contributed by atoms with Gasteiger partial charge in [0.2, 0.25) is 0 Å². The van der Waals surface area contributed by atoms with Gasteiger partial charge in [-0.15, -0.1) is 0 Å². The molecule has 2 atom stereocenters. The minimum atomic E-state index is 0.0117. The minimum absolute atomic E-state index is 0.0117. The van der Waals surface area contributed by atoms with Crippen molar-refractivity contribution in [3.05, 3.63) is 145 Å². The SMILES string of the molecule is CN1C(c2ccccc2)=CC(c2ccccc2)=NC1C1C=CC(n2c3ccccc3c3ccccc32)=CC1. The van der Waals surface area contributed by atoms with Gasteiger partial charge in [0.15, 0.2) is 0 Å². The maximum atomic E-state index is 5.30. The van der Waals surface area contributed by atoms with E-state index >= 15 is 0 Å². The molecule has 38 heavy (non-hydrogen) atoms. The van der Waals surface area contributed by atoms with E-state index in [1.165, 1.54) is 38.8 Å². The Balaban J connectivity index is 1.26. The maximum absolute atomic E-state index is 5.30. The van der Waals surface area contributed by atoms with Crippen LogP contribution in [0.15, 0.2) is 138 Å². The van der Waals surface area contributed by atoms with Crippen LogP contribution in [0.1, 0.15) is 17.5 Å². The van der Waals surface area contributed by atoms with Crippen LogP contribution in [0.4, 0.5) is 0 Å². The summed E-state index contributed by atoms with van der Waals surface area (Å²) in [6, 6.07) is 38.6. The van der Waals surface area contributed by atoms with Gasteiger partial charge in [0, 0.05) is 35.1 Å².